The van der Waals surface area contributed by atoms with Crippen LogP contribution >= 0.6 is 0 Å². The average molecular weight is 194 g/mol. The van der Waals surface area contributed by atoms with E-state index in [1.54, 1.807) is 7.11 Å². The summed E-state index contributed by atoms with van der Waals surface area (Å²) in [5, 5.41) is 0. The van der Waals surface area contributed by atoms with Crippen LogP contribution in [-0.4, -0.2) is 13.7 Å². The molecular formula is C13H22O. The molecule has 0 aliphatic carbocycles. The molecule has 0 saturated heterocycles. The first kappa shape index (κ1) is 13.2. The van der Waals surface area contributed by atoms with E-state index in [4.69, 9.17) is 4.74 Å². The lowest BCUT2D eigenvalue weighted by molar-refractivity contribution is 0.189. The summed E-state index contributed by atoms with van der Waals surface area (Å²) in [5.74, 6) is 0.603. The molecule has 0 heterocycles. The van der Waals surface area contributed by atoms with Crippen molar-refractivity contribution in [2.24, 2.45) is 0 Å². The predicted molar refractivity (Wildman–Crippen MR) is 62.7 cm³/mol. The van der Waals surface area contributed by atoms with E-state index in [0.29, 0.717) is 5.92 Å². The summed E-state index contributed by atoms with van der Waals surface area (Å²) < 4.78 is 5.03. The first-order chi connectivity index (χ1) is 6.84. The zero-order chi connectivity index (χ0) is 10.8. The van der Waals surface area contributed by atoms with Gasteiger partial charge in [-0.25, -0.2) is 0 Å². The maximum atomic E-state index is 5.03. The van der Waals surface area contributed by atoms with E-state index in [9.17, 15) is 0 Å². The fourth-order valence-electron chi connectivity index (χ4n) is 1.24. The second kappa shape index (κ2) is 8.76. The van der Waals surface area contributed by atoms with Gasteiger partial charge >= 0.3 is 0 Å². The number of ether oxygens (including phenoxy) is 1. The van der Waals surface area contributed by atoms with E-state index in [1.807, 2.05) is 19.9 Å². The van der Waals surface area contributed by atoms with Gasteiger partial charge in [0.25, 0.3) is 0 Å². The van der Waals surface area contributed by atoms with Crippen molar-refractivity contribution in [2.45, 2.75) is 33.1 Å². The first-order valence-corrected chi connectivity index (χ1v) is 5.38. The smallest absolute Gasteiger partial charge is 0.0467 e. The number of methoxy groups -OCH3 is 1. The van der Waals surface area contributed by atoms with Gasteiger partial charge in [0.1, 0.15) is 0 Å². The minimum Gasteiger partial charge on any atom is -0.385 e. The summed E-state index contributed by atoms with van der Waals surface area (Å²) in [6.07, 6.45) is 1.10. The van der Waals surface area contributed by atoms with Crippen LogP contribution in [0, 0.1) is 0 Å². The van der Waals surface area contributed by atoms with Crippen LogP contribution in [0.3, 0.4) is 0 Å². The van der Waals surface area contributed by atoms with Gasteiger partial charge < -0.3 is 4.74 Å². The average Bonchev–Trinajstić information content (AvgIpc) is 2.30. The Bertz CT molecular complexity index is 206. The maximum absolute atomic E-state index is 5.03. The highest BCUT2D eigenvalue weighted by Gasteiger charge is 2.02. The molecule has 0 aliphatic rings. The van der Waals surface area contributed by atoms with Crippen molar-refractivity contribution in [2.75, 3.05) is 13.7 Å². The predicted octanol–water partition coefficient (Wildman–Crippen LogP) is 3.85. The van der Waals surface area contributed by atoms with Gasteiger partial charge in [-0.3, -0.25) is 0 Å². The summed E-state index contributed by atoms with van der Waals surface area (Å²) >= 11 is 0. The van der Waals surface area contributed by atoms with E-state index in [2.05, 4.69) is 31.2 Å². The number of rotatable bonds is 4. The molecule has 80 valence electrons. The lowest BCUT2D eigenvalue weighted by Gasteiger charge is -2.10. The van der Waals surface area contributed by atoms with Crippen LogP contribution in [0.4, 0.5) is 0 Å². The fraction of sp³-hybridized carbons (Fsp3) is 0.538. The van der Waals surface area contributed by atoms with Gasteiger partial charge in [-0.15, -0.1) is 0 Å². The maximum Gasteiger partial charge on any atom is 0.0467 e. The summed E-state index contributed by atoms with van der Waals surface area (Å²) in [4.78, 5) is 0. The highest BCUT2D eigenvalue weighted by Crippen LogP contribution is 2.17. The second-order valence-electron chi connectivity index (χ2n) is 3.09. The molecule has 0 saturated carbocycles. The van der Waals surface area contributed by atoms with Gasteiger partial charge in [0.05, 0.1) is 0 Å². The molecule has 0 aliphatic heterocycles. The van der Waals surface area contributed by atoms with E-state index >= 15 is 0 Å². The summed E-state index contributed by atoms with van der Waals surface area (Å²) in [5.41, 5.74) is 1.40. The van der Waals surface area contributed by atoms with Crippen LogP contribution in [0.5, 0.6) is 0 Å². The largest absolute Gasteiger partial charge is 0.385 e. The lowest BCUT2D eigenvalue weighted by atomic mass is 9.98. The molecular weight excluding hydrogens is 172 g/mol. The van der Waals surface area contributed by atoms with Gasteiger partial charge in [0.15, 0.2) is 0 Å². The zero-order valence-corrected chi connectivity index (χ0v) is 9.79. The number of hydrogen-bond donors (Lipinski definition) is 0. The third kappa shape index (κ3) is 5.03. The summed E-state index contributed by atoms with van der Waals surface area (Å²) in [6, 6.07) is 10.5. The highest BCUT2D eigenvalue weighted by molar-refractivity contribution is 5.18. The van der Waals surface area contributed by atoms with Gasteiger partial charge in [0.2, 0.25) is 0 Å². The van der Waals surface area contributed by atoms with Crippen LogP contribution in [0.1, 0.15) is 38.7 Å². The van der Waals surface area contributed by atoms with Gasteiger partial charge in [0, 0.05) is 13.7 Å². The Balaban J connectivity index is 0.000000791. The molecule has 0 N–H and O–H groups in total. The summed E-state index contributed by atoms with van der Waals surface area (Å²) in [6.45, 7) is 7.07. The summed E-state index contributed by atoms with van der Waals surface area (Å²) in [7, 11) is 1.75. The quantitative estimate of drug-likeness (QED) is 0.707. The number of benzene rings is 1. The van der Waals surface area contributed by atoms with Crippen molar-refractivity contribution >= 4 is 0 Å². The Hall–Kier alpha value is -0.820. The molecule has 1 rings (SSSR count). The molecule has 1 aromatic rings. The SMILES string of the molecule is CC.COCCC(C)c1ccccc1. The van der Waals surface area contributed by atoms with Gasteiger partial charge in [-0.05, 0) is 17.9 Å². The van der Waals surface area contributed by atoms with Crippen LogP contribution in [0.25, 0.3) is 0 Å². The van der Waals surface area contributed by atoms with Crippen LogP contribution in [-0.2, 0) is 4.74 Å². The van der Waals surface area contributed by atoms with E-state index in [0.717, 1.165) is 13.0 Å². The molecule has 1 atom stereocenters. The Labute approximate surface area is 88.1 Å². The molecule has 1 unspecified atom stereocenters. The molecule has 1 aromatic carbocycles. The van der Waals surface area contributed by atoms with Crippen molar-refractivity contribution in [1.29, 1.82) is 0 Å². The lowest BCUT2D eigenvalue weighted by Crippen LogP contribution is -1.98. The van der Waals surface area contributed by atoms with Gasteiger partial charge in [-0.1, -0.05) is 51.1 Å². The molecule has 0 bridgehead atoms. The van der Waals surface area contributed by atoms with E-state index < -0.39 is 0 Å². The normalized spacial score (nSPS) is 11.4. The number of hydrogen-bond acceptors (Lipinski definition) is 1. The fourth-order valence-corrected chi connectivity index (χ4v) is 1.24. The Morgan fingerprint density at radius 2 is 1.71 bits per heavy atom. The molecule has 0 fully saturated rings. The molecule has 0 aromatic heterocycles. The van der Waals surface area contributed by atoms with Crippen molar-refractivity contribution in [3.8, 4) is 0 Å². The van der Waals surface area contributed by atoms with Gasteiger partial charge in [-0.2, -0.15) is 0 Å². The minimum atomic E-state index is 0.603. The molecule has 1 nitrogen and oxygen atoms in total. The Kier molecular flexibility index (Phi) is 8.25. The molecule has 0 radical (unpaired) electrons. The topological polar surface area (TPSA) is 9.23 Å². The van der Waals surface area contributed by atoms with Crippen LogP contribution < -0.4 is 0 Å². The van der Waals surface area contributed by atoms with E-state index in [1.165, 1.54) is 5.56 Å². The highest BCUT2D eigenvalue weighted by atomic mass is 16.5. The Morgan fingerprint density at radius 3 is 2.21 bits per heavy atom. The molecule has 0 amide bonds. The van der Waals surface area contributed by atoms with Crippen LogP contribution in [0.2, 0.25) is 0 Å². The van der Waals surface area contributed by atoms with Crippen molar-refractivity contribution in [3.05, 3.63) is 35.9 Å². The van der Waals surface area contributed by atoms with Crippen LogP contribution in [0.15, 0.2) is 30.3 Å². The third-order valence-corrected chi connectivity index (χ3v) is 2.12. The second-order valence-corrected chi connectivity index (χ2v) is 3.09. The third-order valence-electron chi connectivity index (χ3n) is 2.12. The van der Waals surface area contributed by atoms with Crippen molar-refractivity contribution in [1.82, 2.24) is 0 Å². The van der Waals surface area contributed by atoms with Crippen molar-refractivity contribution < 1.29 is 4.74 Å². The molecule has 14 heavy (non-hydrogen) atoms. The molecule has 0 spiro atoms. The standard InChI is InChI=1S/C11H16O.C2H6/c1-10(8-9-12-2)11-6-4-3-5-7-11;1-2/h3-7,10H,8-9H2,1-2H3;1-2H3. The van der Waals surface area contributed by atoms with E-state index in [-0.39, 0.29) is 0 Å². The Morgan fingerprint density at radius 1 is 1.14 bits per heavy atom. The molecule has 1 heteroatoms. The minimum absolute atomic E-state index is 0.603. The zero-order valence-electron chi connectivity index (χ0n) is 9.79. The van der Waals surface area contributed by atoms with Crippen molar-refractivity contribution in [3.63, 3.8) is 0 Å². The monoisotopic (exact) mass is 194 g/mol. The first-order valence-electron chi connectivity index (χ1n) is 5.38.